The number of hydrogen-bond acceptors (Lipinski definition) is 4. The summed E-state index contributed by atoms with van der Waals surface area (Å²) in [6.45, 7) is 4.62. The van der Waals surface area contributed by atoms with E-state index < -0.39 is 0 Å². The first-order valence-corrected chi connectivity index (χ1v) is 12.1. The number of ether oxygens (including phenoxy) is 1. The van der Waals surface area contributed by atoms with Gasteiger partial charge in [0.15, 0.2) is 0 Å². The molecule has 0 spiro atoms. The van der Waals surface area contributed by atoms with E-state index in [-0.39, 0.29) is 18.2 Å². The number of hydrogen-bond donors (Lipinski definition) is 0. The molecule has 0 amide bonds. The quantitative estimate of drug-likeness (QED) is 0.372. The number of benzene rings is 3. The molecule has 0 saturated carbocycles. The first-order chi connectivity index (χ1) is 16.5. The van der Waals surface area contributed by atoms with E-state index in [1.807, 2.05) is 12.1 Å². The SMILES string of the molecule is CCOC(=O)CCc1ccc(CN(C)c2cccc3c2N(Cc2ccccc2)CCC3)cc1F. The maximum atomic E-state index is 14.7. The average Bonchev–Trinajstić information content (AvgIpc) is 2.84. The number of anilines is 2. The fourth-order valence-electron chi connectivity index (χ4n) is 4.71. The number of halogens is 1. The van der Waals surface area contributed by atoms with Crippen molar-refractivity contribution in [3.8, 4) is 0 Å². The second kappa shape index (κ2) is 11.2. The molecule has 34 heavy (non-hydrogen) atoms. The number of esters is 1. The van der Waals surface area contributed by atoms with Gasteiger partial charge in [-0.1, -0.05) is 54.6 Å². The largest absolute Gasteiger partial charge is 0.466 e. The zero-order valence-corrected chi connectivity index (χ0v) is 20.1. The Bertz CT molecular complexity index is 1120. The van der Waals surface area contributed by atoms with Crippen LogP contribution in [0.3, 0.4) is 0 Å². The van der Waals surface area contributed by atoms with Crippen LogP contribution in [-0.2, 0) is 35.5 Å². The Labute approximate surface area is 202 Å². The predicted octanol–water partition coefficient (Wildman–Crippen LogP) is 5.91. The van der Waals surface area contributed by atoms with Crippen molar-refractivity contribution >= 4 is 17.3 Å². The molecule has 0 radical (unpaired) electrons. The summed E-state index contributed by atoms with van der Waals surface area (Å²) in [5.41, 5.74) is 6.57. The summed E-state index contributed by atoms with van der Waals surface area (Å²) in [5, 5.41) is 0. The molecule has 3 aromatic rings. The average molecular weight is 461 g/mol. The summed E-state index contributed by atoms with van der Waals surface area (Å²) in [6, 6.07) is 22.4. The molecule has 3 aromatic carbocycles. The molecule has 178 valence electrons. The third kappa shape index (κ3) is 5.77. The summed E-state index contributed by atoms with van der Waals surface area (Å²) in [7, 11) is 2.07. The Morgan fingerprint density at radius 3 is 2.65 bits per heavy atom. The number of carbonyl (C=O) groups excluding carboxylic acids is 1. The molecule has 0 atom stereocenters. The Balaban J connectivity index is 1.50. The van der Waals surface area contributed by atoms with Crippen LogP contribution in [0.25, 0.3) is 0 Å². The van der Waals surface area contributed by atoms with Crippen LogP contribution in [0.4, 0.5) is 15.8 Å². The lowest BCUT2D eigenvalue weighted by molar-refractivity contribution is -0.143. The van der Waals surface area contributed by atoms with Gasteiger partial charge in [-0.15, -0.1) is 0 Å². The number of carbonyl (C=O) groups is 1. The molecule has 1 aliphatic rings. The van der Waals surface area contributed by atoms with Crippen molar-refractivity contribution in [2.75, 3.05) is 30.0 Å². The van der Waals surface area contributed by atoms with Crippen LogP contribution in [0, 0.1) is 5.82 Å². The van der Waals surface area contributed by atoms with Crippen molar-refractivity contribution in [2.45, 2.75) is 45.7 Å². The molecular weight excluding hydrogens is 427 g/mol. The normalized spacial score (nSPS) is 12.9. The van der Waals surface area contributed by atoms with Gasteiger partial charge in [-0.3, -0.25) is 4.79 Å². The molecule has 0 bridgehead atoms. The summed E-state index contributed by atoms with van der Waals surface area (Å²) in [6.07, 6.45) is 2.76. The standard InChI is InChI=1S/C29H33FN2O2/c1-3-34-28(33)17-16-24-15-14-23(19-26(24)30)20-31(2)27-13-7-11-25-12-8-18-32(29(25)27)21-22-9-5-4-6-10-22/h4-7,9-11,13-15,19H,3,8,12,16-18,20-21H2,1-2H3. The Morgan fingerprint density at radius 1 is 1.06 bits per heavy atom. The minimum Gasteiger partial charge on any atom is -0.466 e. The van der Waals surface area contributed by atoms with Gasteiger partial charge in [0.2, 0.25) is 0 Å². The molecule has 1 aliphatic heterocycles. The molecule has 4 nitrogen and oxygen atoms in total. The maximum Gasteiger partial charge on any atom is 0.306 e. The van der Waals surface area contributed by atoms with Crippen molar-refractivity contribution < 1.29 is 13.9 Å². The molecule has 0 unspecified atom stereocenters. The number of para-hydroxylation sites is 1. The Kier molecular flexibility index (Phi) is 7.84. The second-order valence-corrected chi connectivity index (χ2v) is 8.88. The van der Waals surface area contributed by atoms with Gasteiger partial charge in [-0.25, -0.2) is 4.39 Å². The highest BCUT2D eigenvalue weighted by Crippen LogP contribution is 2.38. The molecule has 0 saturated heterocycles. The number of nitrogens with zero attached hydrogens (tertiary/aromatic N) is 2. The van der Waals surface area contributed by atoms with Gasteiger partial charge in [0.1, 0.15) is 5.82 Å². The lowest BCUT2D eigenvalue weighted by atomic mass is 9.98. The van der Waals surface area contributed by atoms with E-state index in [0.717, 1.165) is 31.5 Å². The molecule has 0 aliphatic carbocycles. The molecule has 0 N–H and O–H groups in total. The van der Waals surface area contributed by atoms with E-state index in [9.17, 15) is 9.18 Å². The predicted molar refractivity (Wildman–Crippen MR) is 136 cm³/mol. The van der Waals surface area contributed by atoms with Crippen molar-refractivity contribution in [1.82, 2.24) is 0 Å². The van der Waals surface area contributed by atoms with Crippen LogP contribution in [0.15, 0.2) is 66.7 Å². The number of rotatable bonds is 9. The highest BCUT2D eigenvalue weighted by molar-refractivity contribution is 5.76. The van der Waals surface area contributed by atoms with E-state index in [1.165, 1.54) is 22.5 Å². The van der Waals surface area contributed by atoms with Gasteiger partial charge >= 0.3 is 5.97 Å². The minimum atomic E-state index is -0.292. The van der Waals surface area contributed by atoms with E-state index in [4.69, 9.17) is 4.74 Å². The van der Waals surface area contributed by atoms with Gasteiger partial charge in [0.05, 0.1) is 18.0 Å². The first-order valence-electron chi connectivity index (χ1n) is 12.1. The molecule has 4 rings (SSSR count). The number of aryl methyl sites for hydroxylation is 2. The van der Waals surface area contributed by atoms with Crippen LogP contribution in [0.5, 0.6) is 0 Å². The second-order valence-electron chi connectivity index (χ2n) is 8.88. The Morgan fingerprint density at radius 2 is 1.88 bits per heavy atom. The minimum absolute atomic E-state index is 0.192. The van der Waals surface area contributed by atoms with Gasteiger partial charge in [0.25, 0.3) is 0 Å². The third-order valence-electron chi connectivity index (χ3n) is 6.36. The summed E-state index contributed by atoms with van der Waals surface area (Å²) >= 11 is 0. The molecule has 5 heteroatoms. The fourth-order valence-corrected chi connectivity index (χ4v) is 4.71. The summed E-state index contributed by atoms with van der Waals surface area (Å²) in [4.78, 5) is 16.3. The zero-order chi connectivity index (χ0) is 23.9. The van der Waals surface area contributed by atoms with E-state index in [0.29, 0.717) is 25.1 Å². The van der Waals surface area contributed by atoms with E-state index in [2.05, 4.69) is 59.3 Å². The van der Waals surface area contributed by atoms with E-state index in [1.54, 1.807) is 19.1 Å². The summed E-state index contributed by atoms with van der Waals surface area (Å²) in [5.74, 6) is -0.560. The molecule has 0 aromatic heterocycles. The first kappa shape index (κ1) is 23.8. The fraction of sp³-hybridized carbons (Fsp3) is 0.345. The number of fused-ring (bicyclic) bond motifs is 1. The van der Waals surface area contributed by atoms with Crippen LogP contribution in [0.1, 0.15) is 42.0 Å². The van der Waals surface area contributed by atoms with E-state index >= 15 is 0 Å². The molecular formula is C29H33FN2O2. The molecule has 0 fully saturated rings. The smallest absolute Gasteiger partial charge is 0.306 e. The lowest BCUT2D eigenvalue weighted by Gasteiger charge is -2.36. The topological polar surface area (TPSA) is 32.8 Å². The highest BCUT2D eigenvalue weighted by atomic mass is 19.1. The van der Waals surface area contributed by atoms with Crippen LogP contribution in [-0.4, -0.2) is 26.2 Å². The van der Waals surface area contributed by atoms with Gasteiger partial charge in [-0.2, -0.15) is 0 Å². The summed E-state index contributed by atoms with van der Waals surface area (Å²) < 4.78 is 19.7. The van der Waals surface area contributed by atoms with Gasteiger partial charge < -0.3 is 14.5 Å². The maximum absolute atomic E-state index is 14.7. The van der Waals surface area contributed by atoms with Crippen LogP contribution in [0.2, 0.25) is 0 Å². The van der Waals surface area contributed by atoms with Crippen LogP contribution < -0.4 is 9.80 Å². The zero-order valence-electron chi connectivity index (χ0n) is 20.1. The monoisotopic (exact) mass is 460 g/mol. The van der Waals surface area contributed by atoms with Gasteiger partial charge in [0, 0.05) is 33.1 Å². The lowest BCUT2D eigenvalue weighted by Crippen LogP contribution is -2.31. The molecule has 1 heterocycles. The van der Waals surface area contributed by atoms with Gasteiger partial charge in [-0.05, 0) is 60.6 Å². The third-order valence-corrected chi connectivity index (χ3v) is 6.36. The highest BCUT2D eigenvalue weighted by Gasteiger charge is 2.22. The van der Waals surface area contributed by atoms with Crippen molar-refractivity contribution in [2.24, 2.45) is 0 Å². The van der Waals surface area contributed by atoms with Crippen LogP contribution >= 0.6 is 0 Å². The van der Waals surface area contributed by atoms with Crippen molar-refractivity contribution in [3.05, 3.63) is 94.8 Å². The van der Waals surface area contributed by atoms with Crippen molar-refractivity contribution in [1.29, 1.82) is 0 Å². The Hall–Kier alpha value is -3.34. The van der Waals surface area contributed by atoms with Crippen molar-refractivity contribution in [3.63, 3.8) is 0 Å².